The van der Waals surface area contributed by atoms with Gasteiger partial charge in [-0.05, 0) is 31.3 Å². The van der Waals surface area contributed by atoms with Gasteiger partial charge in [0.2, 0.25) is 5.91 Å². The summed E-state index contributed by atoms with van der Waals surface area (Å²) in [7, 11) is 0. The quantitative estimate of drug-likeness (QED) is 0.772. The molecule has 1 aliphatic rings. The Bertz CT molecular complexity index is 174. The van der Waals surface area contributed by atoms with E-state index in [2.05, 4.69) is 5.32 Å². The highest BCUT2D eigenvalue weighted by atomic mass is 35.5. The summed E-state index contributed by atoms with van der Waals surface area (Å²) in [6, 6.07) is 0.113. The summed E-state index contributed by atoms with van der Waals surface area (Å²) in [5.74, 6) is 2.66. The van der Waals surface area contributed by atoms with Crippen molar-refractivity contribution in [2.24, 2.45) is 11.7 Å². The summed E-state index contributed by atoms with van der Waals surface area (Å²) in [4.78, 5) is 11.6. The fraction of sp³-hybridized carbons (Fsp3) is 0.889. The molecule has 1 amide bonds. The first-order valence-corrected chi connectivity index (χ1v) is 5.97. The minimum absolute atomic E-state index is 0. The van der Waals surface area contributed by atoms with Gasteiger partial charge >= 0.3 is 0 Å². The van der Waals surface area contributed by atoms with E-state index in [0.717, 1.165) is 24.3 Å². The summed E-state index contributed by atoms with van der Waals surface area (Å²) in [6.45, 7) is 2.46. The number of nitrogens with two attached hydrogens (primary N) is 1. The zero-order valence-electron chi connectivity index (χ0n) is 8.49. The summed E-state index contributed by atoms with van der Waals surface area (Å²) < 4.78 is 0. The molecule has 1 fully saturated rings. The van der Waals surface area contributed by atoms with E-state index in [1.165, 1.54) is 0 Å². The Hall–Kier alpha value is 0.0700. The van der Waals surface area contributed by atoms with Crippen LogP contribution in [0.1, 0.15) is 19.8 Å². The molecule has 84 valence electrons. The molecule has 1 heterocycles. The maximum Gasteiger partial charge on any atom is 0.223 e. The van der Waals surface area contributed by atoms with Crippen molar-refractivity contribution >= 4 is 30.1 Å². The van der Waals surface area contributed by atoms with Crippen LogP contribution in [0.15, 0.2) is 0 Å². The lowest BCUT2D eigenvalue weighted by Crippen LogP contribution is -2.42. The van der Waals surface area contributed by atoms with Crippen LogP contribution < -0.4 is 11.1 Å². The standard InChI is InChI=1S/C9H18N2OS.ClH/c1-7(6-10)11-9(12)8-2-4-13-5-3-8;/h7-8H,2-6,10H2,1H3,(H,11,12);1H/t7-;/m0./s1. The van der Waals surface area contributed by atoms with Crippen molar-refractivity contribution in [3.63, 3.8) is 0 Å². The first-order chi connectivity index (χ1) is 6.24. The summed E-state index contributed by atoms with van der Waals surface area (Å²) in [5, 5.41) is 2.93. The van der Waals surface area contributed by atoms with Gasteiger partial charge in [-0.15, -0.1) is 12.4 Å². The Morgan fingerprint density at radius 3 is 2.64 bits per heavy atom. The first kappa shape index (κ1) is 14.1. The molecule has 3 nitrogen and oxygen atoms in total. The fourth-order valence-electron chi connectivity index (χ4n) is 1.38. The number of rotatable bonds is 3. The lowest BCUT2D eigenvalue weighted by molar-refractivity contribution is -0.125. The second-order valence-corrected chi connectivity index (χ2v) is 4.76. The molecule has 0 spiro atoms. The Balaban J connectivity index is 0.00000169. The van der Waals surface area contributed by atoms with E-state index in [1.807, 2.05) is 18.7 Å². The zero-order chi connectivity index (χ0) is 9.68. The lowest BCUT2D eigenvalue weighted by atomic mass is 10.0. The smallest absolute Gasteiger partial charge is 0.223 e. The van der Waals surface area contributed by atoms with Crippen molar-refractivity contribution in [2.75, 3.05) is 18.1 Å². The topological polar surface area (TPSA) is 55.1 Å². The van der Waals surface area contributed by atoms with Crippen LogP contribution in [0.25, 0.3) is 0 Å². The van der Waals surface area contributed by atoms with Crippen LogP contribution in [0.4, 0.5) is 0 Å². The lowest BCUT2D eigenvalue weighted by Gasteiger charge is -2.22. The van der Waals surface area contributed by atoms with Crippen molar-refractivity contribution in [3.8, 4) is 0 Å². The van der Waals surface area contributed by atoms with Gasteiger partial charge in [-0.3, -0.25) is 4.79 Å². The van der Waals surface area contributed by atoms with Crippen LogP contribution in [0.2, 0.25) is 0 Å². The normalized spacial score (nSPS) is 19.6. The molecular formula is C9H19ClN2OS. The minimum atomic E-state index is 0. The van der Waals surface area contributed by atoms with Crippen molar-refractivity contribution in [1.29, 1.82) is 0 Å². The molecule has 1 aliphatic heterocycles. The second kappa shape index (κ2) is 7.37. The van der Waals surface area contributed by atoms with Gasteiger partial charge in [-0.1, -0.05) is 0 Å². The fourth-order valence-corrected chi connectivity index (χ4v) is 2.49. The summed E-state index contributed by atoms with van der Waals surface area (Å²) in [5.41, 5.74) is 5.43. The number of halogens is 1. The van der Waals surface area contributed by atoms with Gasteiger partial charge in [0.25, 0.3) is 0 Å². The Morgan fingerprint density at radius 1 is 1.57 bits per heavy atom. The molecule has 0 aliphatic carbocycles. The molecule has 0 bridgehead atoms. The van der Waals surface area contributed by atoms with Crippen LogP contribution in [0, 0.1) is 5.92 Å². The minimum Gasteiger partial charge on any atom is -0.352 e. The third-order valence-electron chi connectivity index (χ3n) is 2.33. The number of carbonyl (C=O) groups is 1. The molecule has 14 heavy (non-hydrogen) atoms. The van der Waals surface area contributed by atoms with Crippen LogP contribution in [0.5, 0.6) is 0 Å². The molecule has 1 saturated heterocycles. The number of thioether (sulfide) groups is 1. The van der Waals surface area contributed by atoms with E-state index >= 15 is 0 Å². The van der Waals surface area contributed by atoms with Gasteiger partial charge in [-0.25, -0.2) is 0 Å². The molecule has 5 heteroatoms. The van der Waals surface area contributed by atoms with Crippen LogP contribution in [0.3, 0.4) is 0 Å². The molecule has 0 radical (unpaired) electrons. The highest BCUT2D eigenvalue weighted by Crippen LogP contribution is 2.22. The summed E-state index contributed by atoms with van der Waals surface area (Å²) >= 11 is 1.94. The van der Waals surface area contributed by atoms with Gasteiger partial charge in [0, 0.05) is 18.5 Å². The first-order valence-electron chi connectivity index (χ1n) is 4.82. The van der Waals surface area contributed by atoms with E-state index in [9.17, 15) is 4.79 Å². The predicted octanol–water partition coefficient (Wildman–Crippen LogP) is 1.01. The maximum absolute atomic E-state index is 11.6. The Morgan fingerprint density at radius 2 is 2.14 bits per heavy atom. The van der Waals surface area contributed by atoms with Gasteiger partial charge in [0.15, 0.2) is 0 Å². The van der Waals surface area contributed by atoms with Crippen molar-refractivity contribution in [3.05, 3.63) is 0 Å². The second-order valence-electron chi connectivity index (χ2n) is 3.53. The van der Waals surface area contributed by atoms with Crippen molar-refractivity contribution in [1.82, 2.24) is 5.32 Å². The van der Waals surface area contributed by atoms with E-state index < -0.39 is 0 Å². The van der Waals surface area contributed by atoms with Crippen LogP contribution in [-0.2, 0) is 4.79 Å². The largest absolute Gasteiger partial charge is 0.352 e. The van der Waals surface area contributed by atoms with Crippen molar-refractivity contribution < 1.29 is 4.79 Å². The highest BCUT2D eigenvalue weighted by molar-refractivity contribution is 7.99. The summed E-state index contributed by atoms with van der Waals surface area (Å²) in [6.07, 6.45) is 2.04. The zero-order valence-corrected chi connectivity index (χ0v) is 10.1. The van der Waals surface area contributed by atoms with E-state index in [4.69, 9.17) is 5.73 Å². The van der Waals surface area contributed by atoms with Gasteiger partial charge in [0.1, 0.15) is 0 Å². The molecule has 0 saturated carbocycles. The van der Waals surface area contributed by atoms with Crippen molar-refractivity contribution in [2.45, 2.75) is 25.8 Å². The van der Waals surface area contributed by atoms with Crippen LogP contribution >= 0.6 is 24.2 Å². The number of nitrogens with one attached hydrogen (secondary N) is 1. The van der Waals surface area contributed by atoms with E-state index in [-0.39, 0.29) is 30.3 Å². The number of hydrogen-bond donors (Lipinski definition) is 2. The van der Waals surface area contributed by atoms with E-state index in [1.54, 1.807) is 0 Å². The Labute approximate surface area is 96.0 Å². The average Bonchev–Trinajstić information content (AvgIpc) is 2.19. The van der Waals surface area contributed by atoms with Gasteiger partial charge in [-0.2, -0.15) is 11.8 Å². The number of amides is 1. The molecule has 1 atom stereocenters. The average molecular weight is 239 g/mol. The maximum atomic E-state index is 11.6. The van der Waals surface area contributed by atoms with Gasteiger partial charge in [0.05, 0.1) is 0 Å². The Kier molecular flexibility index (Phi) is 7.41. The molecular weight excluding hydrogens is 220 g/mol. The number of carbonyl (C=O) groups excluding carboxylic acids is 1. The van der Waals surface area contributed by atoms with Crippen LogP contribution in [-0.4, -0.2) is 30.0 Å². The number of hydrogen-bond acceptors (Lipinski definition) is 3. The molecule has 0 aromatic heterocycles. The van der Waals surface area contributed by atoms with E-state index in [0.29, 0.717) is 6.54 Å². The third-order valence-corrected chi connectivity index (χ3v) is 3.38. The molecule has 0 aromatic rings. The van der Waals surface area contributed by atoms with Gasteiger partial charge < -0.3 is 11.1 Å². The molecule has 1 rings (SSSR count). The monoisotopic (exact) mass is 238 g/mol. The molecule has 0 unspecified atom stereocenters. The molecule has 0 aromatic carbocycles. The molecule has 3 N–H and O–H groups in total. The third kappa shape index (κ3) is 4.53. The predicted molar refractivity (Wildman–Crippen MR) is 64.0 cm³/mol. The highest BCUT2D eigenvalue weighted by Gasteiger charge is 2.21. The SMILES string of the molecule is C[C@@H](CN)NC(=O)C1CCSCC1.Cl.